The number of piperidine rings is 1. The van der Waals surface area contributed by atoms with E-state index in [0.717, 1.165) is 35.7 Å². The van der Waals surface area contributed by atoms with Gasteiger partial charge in [0.05, 0.1) is 9.82 Å². The molecule has 10 heteroatoms. The number of carbonyl (C=O) groups is 2. The van der Waals surface area contributed by atoms with E-state index in [1.165, 1.54) is 35.6 Å². The SMILES string of the molecule is Cc1csc(Sc2ccc(C(=O)N3CCC(NC(=O)C4CCCCC4)CC3)cc2[N+](=O)[O-])n1. The van der Waals surface area contributed by atoms with Crippen molar-refractivity contribution in [3.63, 3.8) is 0 Å². The lowest BCUT2D eigenvalue weighted by atomic mass is 9.88. The summed E-state index contributed by atoms with van der Waals surface area (Å²) in [4.78, 5) is 43.3. The molecule has 1 N–H and O–H groups in total. The molecule has 2 aliphatic rings. The number of likely N-dealkylation sites (tertiary alicyclic amines) is 1. The summed E-state index contributed by atoms with van der Waals surface area (Å²) in [6.45, 7) is 2.93. The Kier molecular flexibility index (Phi) is 7.64. The highest BCUT2D eigenvalue weighted by Crippen LogP contribution is 2.37. The van der Waals surface area contributed by atoms with Crippen molar-refractivity contribution in [1.29, 1.82) is 0 Å². The smallest absolute Gasteiger partial charge is 0.284 e. The molecule has 1 aliphatic heterocycles. The van der Waals surface area contributed by atoms with Gasteiger partial charge in [0.15, 0.2) is 4.34 Å². The largest absolute Gasteiger partial charge is 0.353 e. The highest BCUT2D eigenvalue weighted by Gasteiger charge is 2.29. The second-order valence-electron chi connectivity index (χ2n) is 8.71. The minimum absolute atomic E-state index is 0.0818. The average Bonchev–Trinajstić information content (AvgIpc) is 3.24. The Balaban J connectivity index is 1.36. The number of nitrogens with zero attached hydrogens (tertiary/aromatic N) is 3. The van der Waals surface area contributed by atoms with Gasteiger partial charge in [0.25, 0.3) is 11.6 Å². The number of amides is 2. The molecule has 2 aromatic rings. The van der Waals surface area contributed by atoms with Crippen LogP contribution >= 0.6 is 23.1 Å². The third kappa shape index (κ3) is 5.92. The first kappa shape index (κ1) is 23.7. The zero-order valence-corrected chi connectivity index (χ0v) is 20.3. The number of thiazole rings is 1. The summed E-state index contributed by atoms with van der Waals surface area (Å²) < 4.78 is 0.729. The van der Waals surface area contributed by atoms with Crippen LogP contribution in [0, 0.1) is 23.0 Å². The van der Waals surface area contributed by atoms with Crippen LogP contribution in [0.15, 0.2) is 32.8 Å². The Labute approximate surface area is 201 Å². The molecule has 0 bridgehead atoms. The van der Waals surface area contributed by atoms with Gasteiger partial charge < -0.3 is 10.2 Å². The summed E-state index contributed by atoms with van der Waals surface area (Å²) in [5, 5.41) is 16.7. The van der Waals surface area contributed by atoms with Gasteiger partial charge in [-0.2, -0.15) is 0 Å². The van der Waals surface area contributed by atoms with Gasteiger partial charge in [0, 0.05) is 47.8 Å². The molecule has 0 unspecified atom stereocenters. The van der Waals surface area contributed by atoms with E-state index in [1.54, 1.807) is 17.0 Å². The highest BCUT2D eigenvalue weighted by molar-refractivity contribution is 8.01. The van der Waals surface area contributed by atoms with Crippen LogP contribution < -0.4 is 5.32 Å². The van der Waals surface area contributed by atoms with E-state index < -0.39 is 4.92 Å². The van der Waals surface area contributed by atoms with E-state index in [-0.39, 0.29) is 29.5 Å². The number of nitro groups is 1. The third-order valence-electron chi connectivity index (χ3n) is 6.30. The van der Waals surface area contributed by atoms with Crippen LogP contribution in [0.4, 0.5) is 5.69 Å². The predicted molar refractivity (Wildman–Crippen MR) is 128 cm³/mol. The first-order valence-electron chi connectivity index (χ1n) is 11.4. The second kappa shape index (κ2) is 10.6. The van der Waals surface area contributed by atoms with Crippen molar-refractivity contribution in [1.82, 2.24) is 15.2 Å². The zero-order chi connectivity index (χ0) is 23.4. The maximum atomic E-state index is 13.0. The summed E-state index contributed by atoms with van der Waals surface area (Å²) in [7, 11) is 0. The van der Waals surface area contributed by atoms with Crippen LogP contribution in [0.25, 0.3) is 0 Å². The quantitative estimate of drug-likeness (QED) is 0.462. The Morgan fingerprint density at radius 1 is 1.18 bits per heavy atom. The van der Waals surface area contributed by atoms with Crippen molar-refractivity contribution in [2.45, 2.75) is 67.1 Å². The van der Waals surface area contributed by atoms with Crippen LogP contribution in [0.2, 0.25) is 0 Å². The number of benzene rings is 1. The van der Waals surface area contributed by atoms with Crippen LogP contribution in [-0.4, -0.2) is 45.8 Å². The topological polar surface area (TPSA) is 105 Å². The molecule has 4 rings (SSSR count). The van der Waals surface area contributed by atoms with Crippen LogP contribution in [0.3, 0.4) is 0 Å². The van der Waals surface area contributed by atoms with E-state index in [9.17, 15) is 19.7 Å². The van der Waals surface area contributed by atoms with Crippen molar-refractivity contribution in [3.05, 3.63) is 45.0 Å². The minimum atomic E-state index is -0.452. The average molecular weight is 489 g/mol. The molecule has 33 heavy (non-hydrogen) atoms. The fraction of sp³-hybridized carbons (Fsp3) is 0.522. The number of carbonyl (C=O) groups excluding carboxylic acids is 2. The van der Waals surface area contributed by atoms with Gasteiger partial charge in [0.1, 0.15) is 0 Å². The van der Waals surface area contributed by atoms with Gasteiger partial charge in [-0.3, -0.25) is 19.7 Å². The fourth-order valence-corrected chi connectivity index (χ4v) is 6.32. The van der Waals surface area contributed by atoms with Crippen molar-refractivity contribution in [2.24, 2.45) is 5.92 Å². The molecular weight excluding hydrogens is 460 g/mol. The molecule has 1 aliphatic carbocycles. The molecular formula is C23H28N4O4S2. The maximum absolute atomic E-state index is 13.0. The predicted octanol–water partition coefficient (Wildman–Crippen LogP) is 4.81. The third-order valence-corrected chi connectivity index (χ3v) is 8.42. The van der Waals surface area contributed by atoms with Crippen LogP contribution in [0.1, 0.15) is 61.0 Å². The van der Waals surface area contributed by atoms with Gasteiger partial charge in [-0.05, 0) is 44.7 Å². The molecule has 1 aromatic carbocycles. The summed E-state index contributed by atoms with van der Waals surface area (Å²) >= 11 is 2.67. The summed E-state index contributed by atoms with van der Waals surface area (Å²) in [5.41, 5.74) is 1.09. The van der Waals surface area contributed by atoms with E-state index in [1.807, 2.05) is 12.3 Å². The molecule has 8 nitrogen and oxygen atoms in total. The Morgan fingerprint density at radius 2 is 1.91 bits per heavy atom. The Hall–Kier alpha value is -2.46. The van der Waals surface area contributed by atoms with Gasteiger partial charge in [-0.25, -0.2) is 4.98 Å². The first-order chi connectivity index (χ1) is 15.9. The standard InChI is InChI=1S/C23H28N4O4S2/c1-15-14-32-23(24-15)33-20-8-7-17(13-19(20)27(30)31)22(29)26-11-9-18(10-12-26)25-21(28)16-5-3-2-4-6-16/h7-8,13-14,16,18H,2-6,9-12H2,1H3,(H,25,28). The Bertz CT molecular complexity index is 1030. The van der Waals surface area contributed by atoms with E-state index in [2.05, 4.69) is 10.3 Å². The number of aromatic nitrogens is 1. The molecule has 176 valence electrons. The number of hydrogen-bond donors (Lipinski definition) is 1. The number of hydrogen-bond acceptors (Lipinski definition) is 7. The number of rotatable bonds is 6. The van der Waals surface area contributed by atoms with Gasteiger partial charge in [0.2, 0.25) is 5.91 Å². The Morgan fingerprint density at radius 3 is 2.55 bits per heavy atom. The van der Waals surface area contributed by atoms with Crippen LogP contribution in [0.5, 0.6) is 0 Å². The van der Waals surface area contributed by atoms with Crippen molar-refractivity contribution < 1.29 is 14.5 Å². The van der Waals surface area contributed by atoms with Crippen molar-refractivity contribution >= 4 is 40.6 Å². The van der Waals surface area contributed by atoms with E-state index in [0.29, 0.717) is 36.4 Å². The molecule has 2 amide bonds. The summed E-state index contributed by atoms with van der Waals surface area (Å²) in [6.07, 6.45) is 6.80. The normalized spacial score (nSPS) is 17.7. The zero-order valence-electron chi connectivity index (χ0n) is 18.6. The molecule has 2 heterocycles. The van der Waals surface area contributed by atoms with Gasteiger partial charge >= 0.3 is 0 Å². The minimum Gasteiger partial charge on any atom is -0.353 e. The number of nitro benzene ring substituents is 1. The summed E-state index contributed by atoms with van der Waals surface area (Å²) in [6, 6.07) is 4.72. The lowest BCUT2D eigenvalue weighted by Gasteiger charge is -2.33. The monoisotopic (exact) mass is 488 g/mol. The molecule has 2 fully saturated rings. The molecule has 0 radical (unpaired) electrons. The van der Waals surface area contributed by atoms with Crippen molar-refractivity contribution in [3.8, 4) is 0 Å². The fourth-order valence-electron chi connectivity index (χ4n) is 4.45. The molecule has 1 saturated carbocycles. The second-order valence-corrected chi connectivity index (χ2v) is 10.9. The lowest BCUT2D eigenvalue weighted by molar-refractivity contribution is -0.387. The highest BCUT2D eigenvalue weighted by atomic mass is 32.2. The molecule has 0 spiro atoms. The summed E-state index contributed by atoms with van der Waals surface area (Å²) in [5.74, 6) is 0.0686. The number of nitrogens with one attached hydrogen (secondary N) is 1. The van der Waals surface area contributed by atoms with Gasteiger partial charge in [-0.1, -0.05) is 31.0 Å². The number of aryl methyl sites for hydroxylation is 1. The van der Waals surface area contributed by atoms with Crippen LogP contribution in [-0.2, 0) is 4.79 Å². The maximum Gasteiger partial charge on any atom is 0.284 e. The molecule has 1 saturated heterocycles. The van der Waals surface area contributed by atoms with Gasteiger partial charge in [-0.15, -0.1) is 11.3 Å². The first-order valence-corrected chi connectivity index (χ1v) is 13.1. The van der Waals surface area contributed by atoms with E-state index >= 15 is 0 Å². The molecule has 1 aromatic heterocycles. The van der Waals surface area contributed by atoms with E-state index in [4.69, 9.17) is 0 Å². The molecule has 0 atom stereocenters. The van der Waals surface area contributed by atoms with Crippen molar-refractivity contribution in [2.75, 3.05) is 13.1 Å². The lowest BCUT2D eigenvalue weighted by Crippen LogP contribution is -2.48.